The molecular formula is C16H18N4O3. The number of oxazole rings is 1. The van der Waals surface area contributed by atoms with E-state index in [-0.39, 0.29) is 12.5 Å². The standard InChI is InChI=1S/C16H18N4O3/c1-11-12(9-18-19-11)5-4-8-17-15(21)10-20-13-6-2-3-7-14(13)23-16(20)22/h2-3,6-7,9H,4-5,8,10H2,1H3,(H,17,21)(H,18,19). The van der Waals surface area contributed by atoms with E-state index < -0.39 is 5.76 Å². The van der Waals surface area contributed by atoms with Gasteiger partial charge >= 0.3 is 5.76 Å². The van der Waals surface area contributed by atoms with E-state index in [9.17, 15) is 9.59 Å². The van der Waals surface area contributed by atoms with E-state index in [1.165, 1.54) is 4.57 Å². The molecule has 0 atom stereocenters. The molecule has 0 saturated heterocycles. The Morgan fingerprint density at radius 2 is 2.22 bits per heavy atom. The van der Waals surface area contributed by atoms with E-state index in [2.05, 4.69) is 15.5 Å². The maximum absolute atomic E-state index is 12.0. The van der Waals surface area contributed by atoms with Crippen molar-refractivity contribution in [1.29, 1.82) is 0 Å². The first-order valence-corrected chi connectivity index (χ1v) is 7.49. The number of amides is 1. The number of aromatic nitrogens is 3. The van der Waals surface area contributed by atoms with E-state index in [1.54, 1.807) is 30.5 Å². The number of benzene rings is 1. The van der Waals surface area contributed by atoms with Crippen molar-refractivity contribution in [2.75, 3.05) is 6.54 Å². The zero-order valence-electron chi connectivity index (χ0n) is 12.8. The molecule has 0 spiro atoms. The van der Waals surface area contributed by atoms with Crippen molar-refractivity contribution in [2.45, 2.75) is 26.3 Å². The Morgan fingerprint density at radius 1 is 1.39 bits per heavy atom. The van der Waals surface area contributed by atoms with Crippen molar-refractivity contribution >= 4 is 17.0 Å². The molecule has 3 aromatic rings. The number of rotatable bonds is 6. The smallest absolute Gasteiger partial charge is 0.408 e. The summed E-state index contributed by atoms with van der Waals surface area (Å²) in [5.41, 5.74) is 3.31. The van der Waals surface area contributed by atoms with E-state index in [4.69, 9.17) is 4.42 Å². The number of nitrogens with zero attached hydrogens (tertiary/aromatic N) is 2. The number of hydrogen-bond donors (Lipinski definition) is 2. The first-order chi connectivity index (χ1) is 11.1. The molecule has 2 aromatic heterocycles. The lowest BCUT2D eigenvalue weighted by atomic mass is 10.1. The van der Waals surface area contributed by atoms with Gasteiger partial charge in [-0.2, -0.15) is 5.10 Å². The first kappa shape index (κ1) is 15.1. The van der Waals surface area contributed by atoms with Crippen LogP contribution in [-0.2, 0) is 17.8 Å². The predicted molar refractivity (Wildman–Crippen MR) is 85.1 cm³/mol. The third-order valence-electron chi connectivity index (χ3n) is 3.75. The van der Waals surface area contributed by atoms with Crippen LogP contribution in [0.15, 0.2) is 39.7 Å². The molecule has 0 saturated carbocycles. The van der Waals surface area contributed by atoms with Gasteiger partial charge < -0.3 is 9.73 Å². The fourth-order valence-electron chi connectivity index (χ4n) is 2.50. The molecule has 7 nitrogen and oxygen atoms in total. The Balaban J connectivity index is 1.54. The minimum atomic E-state index is -0.518. The Kier molecular flexibility index (Phi) is 4.27. The summed E-state index contributed by atoms with van der Waals surface area (Å²) in [6.07, 6.45) is 3.46. The third-order valence-corrected chi connectivity index (χ3v) is 3.75. The highest BCUT2D eigenvalue weighted by Gasteiger charge is 2.11. The number of nitrogens with one attached hydrogen (secondary N) is 2. The molecule has 0 aliphatic heterocycles. The van der Waals surface area contributed by atoms with Gasteiger partial charge in [-0.3, -0.25) is 14.5 Å². The normalized spacial score (nSPS) is 11.0. The summed E-state index contributed by atoms with van der Waals surface area (Å²) in [7, 11) is 0. The second-order valence-electron chi connectivity index (χ2n) is 5.40. The molecule has 0 bridgehead atoms. The molecule has 2 N–H and O–H groups in total. The van der Waals surface area contributed by atoms with Crippen molar-refractivity contribution in [1.82, 2.24) is 20.1 Å². The molecule has 3 rings (SSSR count). The van der Waals surface area contributed by atoms with E-state index in [0.29, 0.717) is 17.6 Å². The van der Waals surface area contributed by atoms with Gasteiger partial charge in [0.2, 0.25) is 5.91 Å². The molecule has 0 fully saturated rings. The maximum Gasteiger partial charge on any atom is 0.420 e. The lowest BCUT2D eigenvalue weighted by Gasteiger charge is -2.05. The summed E-state index contributed by atoms with van der Waals surface area (Å²) in [5, 5.41) is 9.67. The van der Waals surface area contributed by atoms with Crippen LogP contribution in [0, 0.1) is 6.92 Å². The Hall–Kier alpha value is -2.83. The Bertz CT molecular complexity index is 875. The van der Waals surface area contributed by atoms with Gasteiger partial charge in [-0.05, 0) is 37.5 Å². The zero-order chi connectivity index (χ0) is 16.2. The second-order valence-corrected chi connectivity index (χ2v) is 5.40. The van der Waals surface area contributed by atoms with Crippen molar-refractivity contribution in [2.24, 2.45) is 0 Å². The third kappa shape index (κ3) is 3.33. The van der Waals surface area contributed by atoms with Crippen LogP contribution in [0.2, 0.25) is 0 Å². The van der Waals surface area contributed by atoms with E-state index in [0.717, 1.165) is 24.1 Å². The summed E-state index contributed by atoms with van der Waals surface area (Å²) < 4.78 is 6.44. The van der Waals surface area contributed by atoms with Crippen LogP contribution in [0.25, 0.3) is 11.1 Å². The van der Waals surface area contributed by atoms with Crippen LogP contribution in [0.5, 0.6) is 0 Å². The van der Waals surface area contributed by atoms with Gasteiger partial charge in [-0.1, -0.05) is 12.1 Å². The molecule has 0 aliphatic carbocycles. The molecule has 120 valence electrons. The fraction of sp³-hybridized carbons (Fsp3) is 0.312. The number of aryl methyl sites for hydroxylation is 2. The number of hydrogen-bond acceptors (Lipinski definition) is 4. The fourth-order valence-corrected chi connectivity index (χ4v) is 2.50. The first-order valence-electron chi connectivity index (χ1n) is 7.49. The number of fused-ring (bicyclic) bond motifs is 1. The molecule has 1 aromatic carbocycles. The molecule has 0 aliphatic rings. The summed E-state index contributed by atoms with van der Waals surface area (Å²) in [6, 6.07) is 7.06. The number of carbonyl (C=O) groups is 1. The van der Waals surface area contributed by atoms with Crippen molar-refractivity contribution in [3.8, 4) is 0 Å². The largest absolute Gasteiger partial charge is 0.420 e. The minimum Gasteiger partial charge on any atom is -0.408 e. The predicted octanol–water partition coefficient (Wildman–Crippen LogP) is 1.38. The van der Waals surface area contributed by atoms with Gasteiger partial charge in [0.1, 0.15) is 6.54 Å². The van der Waals surface area contributed by atoms with Crippen molar-refractivity contribution < 1.29 is 9.21 Å². The molecule has 1 amide bonds. The molecule has 7 heteroatoms. The monoisotopic (exact) mass is 314 g/mol. The average Bonchev–Trinajstić information content (AvgIpc) is 3.08. The Labute approximate surface area is 132 Å². The van der Waals surface area contributed by atoms with Crippen LogP contribution in [0.4, 0.5) is 0 Å². The van der Waals surface area contributed by atoms with Crippen LogP contribution < -0.4 is 11.1 Å². The molecular weight excluding hydrogens is 296 g/mol. The number of H-pyrrole nitrogens is 1. The highest BCUT2D eigenvalue weighted by Crippen LogP contribution is 2.11. The summed E-state index contributed by atoms with van der Waals surface area (Å²) in [6.45, 7) is 2.48. The number of carbonyl (C=O) groups excluding carboxylic acids is 1. The second kappa shape index (κ2) is 6.51. The van der Waals surface area contributed by atoms with Crippen LogP contribution >= 0.6 is 0 Å². The zero-order valence-corrected chi connectivity index (χ0v) is 12.8. The van der Waals surface area contributed by atoms with Crippen LogP contribution in [0.3, 0.4) is 0 Å². The lowest BCUT2D eigenvalue weighted by Crippen LogP contribution is -2.31. The van der Waals surface area contributed by atoms with E-state index in [1.807, 2.05) is 6.92 Å². The van der Waals surface area contributed by atoms with Gasteiger partial charge in [-0.15, -0.1) is 0 Å². The van der Waals surface area contributed by atoms with Crippen molar-refractivity contribution in [3.63, 3.8) is 0 Å². The quantitative estimate of drug-likeness (QED) is 0.672. The van der Waals surface area contributed by atoms with Crippen LogP contribution in [-0.4, -0.2) is 27.2 Å². The van der Waals surface area contributed by atoms with E-state index >= 15 is 0 Å². The molecule has 23 heavy (non-hydrogen) atoms. The summed E-state index contributed by atoms with van der Waals surface area (Å²) in [4.78, 5) is 23.8. The summed E-state index contributed by atoms with van der Waals surface area (Å²) >= 11 is 0. The van der Waals surface area contributed by atoms with Gasteiger partial charge in [0, 0.05) is 12.2 Å². The van der Waals surface area contributed by atoms with Gasteiger partial charge in [0.25, 0.3) is 0 Å². The van der Waals surface area contributed by atoms with Crippen LogP contribution in [0.1, 0.15) is 17.7 Å². The SMILES string of the molecule is Cc1[nH]ncc1CCCNC(=O)Cn1c(=O)oc2ccccc21. The Morgan fingerprint density at radius 3 is 3.00 bits per heavy atom. The minimum absolute atomic E-state index is 0.0411. The highest BCUT2D eigenvalue weighted by atomic mass is 16.4. The number of para-hydroxylation sites is 2. The molecule has 0 radical (unpaired) electrons. The molecule has 2 heterocycles. The lowest BCUT2D eigenvalue weighted by molar-refractivity contribution is -0.121. The van der Waals surface area contributed by atoms with Gasteiger partial charge in [0.05, 0.1) is 11.7 Å². The highest BCUT2D eigenvalue weighted by molar-refractivity contribution is 5.79. The maximum atomic E-state index is 12.0. The van der Waals surface area contributed by atoms with Gasteiger partial charge in [-0.25, -0.2) is 4.79 Å². The topological polar surface area (TPSA) is 92.9 Å². The van der Waals surface area contributed by atoms with Gasteiger partial charge in [0.15, 0.2) is 5.58 Å². The molecule has 0 unspecified atom stereocenters. The summed E-state index contributed by atoms with van der Waals surface area (Å²) in [5.74, 6) is -0.724. The van der Waals surface area contributed by atoms with Crippen molar-refractivity contribution in [3.05, 3.63) is 52.3 Å². The number of aromatic amines is 1. The average molecular weight is 314 g/mol.